The van der Waals surface area contributed by atoms with E-state index in [0.29, 0.717) is 11.7 Å². The molecular weight excluding hydrogens is 287 g/mol. The van der Waals surface area contributed by atoms with E-state index >= 15 is 0 Å². The number of pyridine rings is 1. The Kier molecular flexibility index (Phi) is 5.34. The lowest BCUT2D eigenvalue weighted by Gasteiger charge is -2.08. The van der Waals surface area contributed by atoms with Crippen LogP contribution < -0.4 is 10.7 Å². The molecule has 0 amide bonds. The summed E-state index contributed by atoms with van der Waals surface area (Å²) >= 11 is 5.11. The second kappa shape index (κ2) is 7.44. The van der Waals surface area contributed by atoms with E-state index in [0.717, 1.165) is 17.0 Å². The van der Waals surface area contributed by atoms with Gasteiger partial charge in [-0.3, -0.25) is 10.4 Å². The van der Waals surface area contributed by atoms with Crippen LogP contribution in [-0.2, 0) is 6.54 Å². The van der Waals surface area contributed by atoms with Gasteiger partial charge in [0, 0.05) is 12.7 Å². The molecule has 2 aromatic rings. The van der Waals surface area contributed by atoms with E-state index in [4.69, 9.17) is 12.2 Å². The summed E-state index contributed by atoms with van der Waals surface area (Å²) in [6.45, 7) is 2.27. The summed E-state index contributed by atoms with van der Waals surface area (Å²) in [5, 5.41) is 7.48. The van der Waals surface area contributed by atoms with Crippen molar-refractivity contribution in [3.05, 3.63) is 65.7 Å². The molecule has 1 heterocycles. The average Bonchev–Trinajstić information content (AvgIpc) is 2.51. The van der Waals surface area contributed by atoms with Crippen molar-refractivity contribution in [3.63, 3.8) is 0 Å². The highest BCUT2D eigenvalue weighted by Gasteiger charge is 1.99. The Hall–Kier alpha value is -2.34. The number of benzene rings is 1. The lowest BCUT2D eigenvalue weighted by atomic mass is 10.2. The number of hydrazone groups is 1. The fourth-order valence-corrected chi connectivity index (χ4v) is 1.76. The van der Waals surface area contributed by atoms with Crippen LogP contribution in [0, 0.1) is 5.82 Å². The van der Waals surface area contributed by atoms with Crippen molar-refractivity contribution in [2.75, 3.05) is 0 Å². The van der Waals surface area contributed by atoms with Crippen LogP contribution in [0.25, 0.3) is 0 Å². The van der Waals surface area contributed by atoms with Crippen LogP contribution in [0.4, 0.5) is 4.39 Å². The first kappa shape index (κ1) is 15.1. The maximum Gasteiger partial charge on any atom is 0.187 e. The molecule has 0 atom stereocenters. The van der Waals surface area contributed by atoms with Gasteiger partial charge >= 0.3 is 0 Å². The Balaban J connectivity index is 1.85. The Morgan fingerprint density at radius 2 is 2.14 bits per heavy atom. The number of hydrogen-bond acceptors (Lipinski definition) is 3. The van der Waals surface area contributed by atoms with Gasteiger partial charge in [-0.2, -0.15) is 5.10 Å². The normalized spacial score (nSPS) is 11.0. The maximum atomic E-state index is 13.0. The highest BCUT2D eigenvalue weighted by atomic mass is 32.1. The van der Waals surface area contributed by atoms with Crippen molar-refractivity contribution in [2.24, 2.45) is 5.10 Å². The highest BCUT2D eigenvalue weighted by molar-refractivity contribution is 7.80. The molecule has 0 aliphatic carbocycles. The zero-order valence-electron chi connectivity index (χ0n) is 11.5. The van der Waals surface area contributed by atoms with E-state index in [-0.39, 0.29) is 5.82 Å². The predicted molar refractivity (Wildman–Crippen MR) is 85.4 cm³/mol. The molecule has 2 rings (SSSR count). The number of nitrogens with zero attached hydrogens (tertiary/aromatic N) is 2. The van der Waals surface area contributed by atoms with E-state index in [9.17, 15) is 4.39 Å². The van der Waals surface area contributed by atoms with Crippen molar-refractivity contribution in [1.29, 1.82) is 0 Å². The molecule has 4 nitrogen and oxygen atoms in total. The SMILES string of the molecule is C/C(=N\NC(=S)NCc1cccc(F)c1)c1ccccn1. The number of aromatic nitrogens is 1. The minimum atomic E-state index is -0.266. The summed E-state index contributed by atoms with van der Waals surface area (Å²) in [5.74, 6) is -0.266. The summed E-state index contributed by atoms with van der Waals surface area (Å²) in [5.41, 5.74) is 5.05. The Bertz CT molecular complexity index is 643. The van der Waals surface area contributed by atoms with Gasteiger partial charge in [-0.1, -0.05) is 18.2 Å². The summed E-state index contributed by atoms with van der Waals surface area (Å²) in [4.78, 5) is 4.18. The zero-order chi connectivity index (χ0) is 15.1. The molecule has 0 radical (unpaired) electrons. The Morgan fingerprint density at radius 3 is 2.86 bits per heavy atom. The lowest BCUT2D eigenvalue weighted by molar-refractivity contribution is 0.624. The summed E-state index contributed by atoms with van der Waals surface area (Å²) in [6.07, 6.45) is 1.70. The molecule has 0 saturated carbocycles. The predicted octanol–water partition coefficient (Wildman–Crippen LogP) is 2.61. The number of nitrogens with one attached hydrogen (secondary N) is 2. The highest BCUT2D eigenvalue weighted by Crippen LogP contribution is 2.02. The van der Waals surface area contributed by atoms with E-state index in [1.807, 2.05) is 31.2 Å². The van der Waals surface area contributed by atoms with E-state index in [2.05, 4.69) is 20.8 Å². The van der Waals surface area contributed by atoms with Crippen molar-refractivity contribution in [3.8, 4) is 0 Å². The quantitative estimate of drug-likeness (QED) is 0.518. The third-order valence-electron chi connectivity index (χ3n) is 2.70. The summed E-state index contributed by atoms with van der Waals surface area (Å²) in [6, 6.07) is 11.9. The summed E-state index contributed by atoms with van der Waals surface area (Å²) < 4.78 is 13.0. The molecular formula is C15H15FN4S. The zero-order valence-corrected chi connectivity index (χ0v) is 12.3. The number of thiocarbonyl (C=S) groups is 1. The van der Waals surface area contributed by atoms with Gasteiger partial charge in [-0.05, 0) is 49.0 Å². The van der Waals surface area contributed by atoms with Crippen LogP contribution in [0.15, 0.2) is 53.8 Å². The first-order chi connectivity index (χ1) is 10.1. The molecule has 2 N–H and O–H groups in total. The van der Waals surface area contributed by atoms with Crippen LogP contribution in [0.1, 0.15) is 18.2 Å². The minimum Gasteiger partial charge on any atom is -0.357 e. The van der Waals surface area contributed by atoms with Gasteiger partial charge in [-0.15, -0.1) is 0 Å². The van der Waals surface area contributed by atoms with Crippen LogP contribution in [-0.4, -0.2) is 15.8 Å². The molecule has 0 fully saturated rings. The fraction of sp³-hybridized carbons (Fsp3) is 0.133. The van der Waals surface area contributed by atoms with Crippen LogP contribution in [0.3, 0.4) is 0 Å². The molecule has 0 aliphatic heterocycles. The first-order valence-electron chi connectivity index (χ1n) is 6.39. The molecule has 1 aromatic carbocycles. The number of hydrogen-bond donors (Lipinski definition) is 2. The van der Waals surface area contributed by atoms with Crippen LogP contribution >= 0.6 is 12.2 Å². The largest absolute Gasteiger partial charge is 0.357 e. The van der Waals surface area contributed by atoms with Crippen molar-refractivity contribution < 1.29 is 4.39 Å². The topological polar surface area (TPSA) is 49.3 Å². The van der Waals surface area contributed by atoms with Gasteiger partial charge in [0.15, 0.2) is 5.11 Å². The van der Waals surface area contributed by atoms with Crippen molar-refractivity contribution in [1.82, 2.24) is 15.7 Å². The van der Waals surface area contributed by atoms with Gasteiger partial charge in [0.25, 0.3) is 0 Å². The van der Waals surface area contributed by atoms with Crippen LogP contribution in [0.2, 0.25) is 0 Å². The molecule has 0 spiro atoms. The van der Waals surface area contributed by atoms with E-state index in [1.165, 1.54) is 12.1 Å². The maximum absolute atomic E-state index is 13.0. The first-order valence-corrected chi connectivity index (χ1v) is 6.80. The standard InChI is InChI=1S/C15H15FN4S/c1-11(14-7-2-3-8-17-14)19-20-15(21)18-10-12-5-4-6-13(16)9-12/h2-9H,10H2,1H3,(H2,18,20,21)/b19-11+. The smallest absolute Gasteiger partial charge is 0.187 e. The van der Waals surface area contributed by atoms with Gasteiger partial charge in [0.05, 0.1) is 11.4 Å². The van der Waals surface area contributed by atoms with Crippen molar-refractivity contribution in [2.45, 2.75) is 13.5 Å². The number of rotatable bonds is 4. The van der Waals surface area contributed by atoms with Gasteiger partial charge < -0.3 is 5.32 Å². The van der Waals surface area contributed by atoms with Gasteiger partial charge in [0.2, 0.25) is 0 Å². The molecule has 0 saturated heterocycles. The second-order valence-electron chi connectivity index (χ2n) is 4.34. The van der Waals surface area contributed by atoms with E-state index < -0.39 is 0 Å². The van der Waals surface area contributed by atoms with Crippen molar-refractivity contribution >= 4 is 23.0 Å². The third kappa shape index (κ3) is 4.92. The van der Waals surface area contributed by atoms with Gasteiger partial charge in [0.1, 0.15) is 5.82 Å². The number of halogens is 1. The molecule has 1 aromatic heterocycles. The second-order valence-corrected chi connectivity index (χ2v) is 4.74. The molecule has 108 valence electrons. The monoisotopic (exact) mass is 302 g/mol. The molecule has 0 aliphatic rings. The summed E-state index contributed by atoms with van der Waals surface area (Å²) in [7, 11) is 0. The molecule has 0 bridgehead atoms. The Labute approximate surface area is 128 Å². The van der Waals surface area contributed by atoms with Crippen LogP contribution in [0.5, 0.6) is 0 Å². The third-order valence-corrected chi connectivity index (χ3v) is 2.94. The minimum absolute atomic E-state index is 0.266. The molecule has 0 unspecified atom stereocenters. The van der Waals surface area contributed by atoms with E-state index in [1.54, 1.807) is 12.3 Å². The lowest BCUT2D eigenvalue weighted by Crippen LogP contribution is -2.32. The van der Waals surface area contributed by atoms with Gasteiger partial charge in [-0.25, -0.2) is 4.39 Å². The average molecular weight is 302 g/mol. The molecule has 21 heavy (non-hydrogen) atoms. The Morgan fingerprint density at radius 1 is 1.29 bits per heavy atom. The molecule has 6 heteroatoms. The fourth-order valence-electron chi connectivity index (χ4n) is 1.64.